The van der Waals surface area contributed by atoms with E-state index in [0.29, 0.717) is 23.7 Å². The fourth-order valence-corrected chi connectivity index (χ4v) is 10.9. The molecule has 2 aromatic carbocycles. The van der Waals surface area contributed by atoms with Crippen LogP contribution < -0.4 is 9.64 Å². The normalized spacial score (nSPS) is 23.5. The highest BCUT2D eigenvalue weighted by atomic mass is 16.5. The molecule has 2 heterocycles. The summed E-state index contributed by atoms with van der Waals surface area (Å²) in [5, 5.41) is 0. The first-order chi connectivity index (χ1) is 23.5. The van der Waals surface area contributed by atoms with E-state index in [1.54, 1.807) is 0 Å². The summed E-state index contributed by atoms with van der Waals surface area (Å²) >= 11 is 0. The van der Waals surface area contributed by atoms with Gasteiger partial charge in [0.2, 0.25) is 0 Å². The van der Waals surface area contributed by atoms with Crippen LogP contribution in [-0.2, 0) is 0 Å². The van der Waals surface area contributed by atoms with Crippen LogP contribution in [0.5, 0.6) is 5.75 Å². The lowest BCUT2D eigenvalue weighted by Crippen LogP contribution is -2.42. The van der Waals surface area contributed by atoms with Gasteiger partial charge >= 0.3 is 0 Å². The molecule has 3 heteroatoms. The molecule has 2 aliphatic heterocycles. The number of hydrogen-bond acceptors (Lipinski definition) is 3. The van der Waals surface area contributed by atoms with E-state index in [4.69, 9.17) is 9.73 Å². The number of allylic oxidation sites excluding steroid dienone is 2. The third-order valence-electron chi connectivity index (χ3n) is 12.9. The van der Waals surface area contributed by atoms with Crippen LogP contribution in [0.3, 0.4) is 0 Å². The molecule has 0 radical (unpaired) electrons. The van der Waals surface area contributed by atoms with Crippen LogP contribution in [0.1, 0.15) is 206 Å². The third-order valence-corrected chi connectivity index (χ3v) is 12.9. The van der Waals surface area contributed by atoms with Crippen molar-refractivity contribution in [1.29, 1.82) is 0 Å². The smallest absolute Gasteiger partial charge is 0.169 e. The average molecular weight is 679 g/mol. The first-order valence-corrected chi connectivity index (χ1v) is 20.6. The molecule has 6 rings (SSSR count). The van der Waals surface area contributed by atoms with Crippen molar-refractivity contribution in [3.05, 3.63) is 70.1 Å². The van der Waals surface area contributed by atoms with E-state index in [1.165, 1.54) is 104 Å². The summed E-state index contributed by atoms with van der Waals surface area (Å²) in [7, 11) is 0. The molecule has 0 N–H and O–H groups in total. The molecule has 0 atom stereocenters. The summed E-state index contributed by atoms with van der Waals surface area (Å²) < 4.78 is 7.97. The molecule has 2 aromatic rings. The lowest BCUT2D eigenvalue weighted by Gasteiger charge is -2.43. The lowest BCUT2D eigenvalue weighted by molar-refractivity contribution is 0.220. The minimum Gasteiger partial charge on any atom is -0.453 e. The van der Waals surface area contributed by atoms with Gasteiger partial charge in [0.15, 0.2) is 5.76 Å². The number of ether oxygens (including phenoxy) is 1. The summed E-state index contributed by atoms with van der Waals surface area (Å²) in [6.07, 6.45) is 15.0. The highest BCUT2D eigenvalue weighted by Gasteiger charge is 2.58. The Morgan fingerprint density at radius 1 is 0.600 bits per heavy atom. The summed E-state index contributed by atoms with van der Waals surface area (Å²) in [4.78, 5) is 8.73. The summed E-state index contributed by atoms with van der Waals surface area (Å²) in [6.45, 7) is 28.7. The van der Waals surface area contributed by atoms with Crippen LogP contribution in [0.15, 0.2) is 52.8 Å². The fraction of sp³-hybridized carbons (Fsp3) is 0.681. The second-order valence-electron chi connectivity index (χ2n) is 19.4. The Kier molecular flexibility index (Phi) is 10.3. The van der Waals surface area contributed by atoms with Crippen LogP contribution in [0, 0.1) is 10.8 Å². The number of benzene rings is 2. The molecule has 4 aliphatic rings. The average Bonchev–Trinajstić information content (AvgIpc) is 3.43. The van der Waals surface area contributed by atoms with Crippen molar-refractivity contribution >= 4 is 11.4 Å². The van der Waals surface area contributed by atoms with Gasteiger partial charge in [0.1, 0.15) is 5.75 Å². The van der Waals surface area contributed by atoms with Gasteiger partial charge in [-0.15, -0.1) is 0 Å². The minimum absolute atomic E-state index is 0.0469. The Labute approximate surface area is 306 Å². The van der Waals surface area contributed by atoms with Crippen molar-refractivity contribution in [2.45, 2.75) is 195 Å². The van der Waals surface area contributed by atoms with Gasteiger partial charge in [-0.1, -0.05) is 130 Å². The van der Waals surface area contributed by atoms with E-state index in [9.17, 15) is 0 Å². The highest BCUT2D eigenvalue weighted by Crippen LogP contribution is 2.62. The Morgan fingerprint density at radius 3 is 1.50 bits per heavy atom. The van der Waals surface area contributed by atoms with E-state index >= 15 is 0 Å². The Bertz CT molecular complexity index is 1550. The van der Waals surface area contributed by atoms with Crippen molar-refractivity contribution < 1.29 is 4.74 Å². The topological polar surface area (TPSA) is 24.8 Å². The Morgan fingerprint density at radius 2 is 1.04 bits per heavy atom. The van der Waals surface area contributed by atoms with E-state index in [-0.39, 0.29) is 21.9 Å². The quantitative estimate of drug-likeness (QED) is 0.260. The lowest BCUT2D eigenvalue weighted by atomic mass is 9.65. The number of hydrogen-bond donors (Lipinski definition) is 0. The van der Waals surface area contributed by atoms with Crippen molar-refractivity contribution in [3.8, 4) is 5.75 Å². The Hall–Kier alpha value is -2.55. The molecule has 2 aliphatic carbocycles. The SMILES string of the molecule is CC(C)c1cccc(C(C)C)c1O/C(C1=NC(C)(C)CC12CCCCC2)=C1\N(c2c(C(C)C)cccc2C(C)C)C(C)(C)CC12CCCCC2. The Balaban J connectivity index is 1.78. The highest BCUT2D eigenvalue weighted by molar-refractivity contribution is 6.06. The van der Waals surface area contributed by atoms with Gasteiger partial charge in [-0.2, -0.15) is 0 Å². The van der Waals surface area contributed by atoms with Gasteiger partial charge in [0, 0.05) is 22.1 Å². The second kappa shape index (κ2) is 13.8. The minimum atomic E-state index is -0.113. The number of para-hydroxylation sites is 2. The van der Waals surface area contributed by atoms with Crippen LogP contribution in [-0.4, -0.2) is 16.8 Å². The van der Waals surface area contributed by atoms with Crippen LogP contribution >= 0.6 is 0 Å². The van der Waals surface area contributed by atoms with Gasteiger partial charge in [0.05, 0.1) is 16.9 Å². The van der Waals surface area contributed by atoms with E-state index < -0.39 is 0 Å². The third kappa shape index (κ3) is 6.62. The van der Waals surface area contributed by atoms with E-state index in [1.807, 2.05) is 0 Å². The zero-order chi connectivity index (χ0) is 36.2. The maximum atomic E-state index is 7.97. The molecule has 2 spiro atoms. The maximum Gasteiger partial charge on any atom is 0.169 e. The molecular formula is C47H70N2O. The molecule has 3 fully saturated rings. The van der Waals surface area contributed by atoms with E-state index in [2.05, 4.69) is 124 Å². The predicted molar refractivity (Wildman–Crippen MR) is 215 cm³/mol. The van der Waals surface area contributed by atoms with E-state index in [0.717, 1.165) is 24.4 Å². The van der Waals surface area contributed by atoms with Crippen molar-refractivity contribution in [2.24, 2.45) is 15.8 Å². The largest absolute Gasteiger partial charge is 0.453 e. The van der Waals surface area contributed by atoms with Crippen molar-refractivity contribution in [2.75, 3.05) is 4.90 Å². The molecule has 1 saturated heterocycles. The standard InChI is InChI=1S/C47H70N2O/c1-31(2)35-21-19-22-36(32(3)4)39(35)49-43(47(30-45(49,11)12)27-17-14-18-28-47)41(42-46(25-15-13-16-26-46)29-44(9,10)48-42)50-40-37(33(5)6)23-20-24-38(40)34(7)8/h19-24,31-34H,13-18,25-30H2,1-12H3/b43-41-. The zero-order valence-corrected chi connectivity index (χ0v) is 34.1. The molecule has 3 nitrogen and oxygen atoms in total. The molecule has 274 valence electrons. The first-order valence-electron chi connectivity index (χ1n) is 20.6. The number of aliphatic imine (C=N–C) groups is 1. The second-order valence-corrected chi connectivity index (χ2v) is 19.4. The van der Waals surface area contributed by atoms with Crippen molar-refractivity contribution in [3.63, 3.8) is 0 Å². The van der Waals surface area contributed by atoms with Gasteiger partial charge in [-0.05, 0) is 112 Å². The summed E-state index contributed by atoms with van der Waals surface area (Å²) in [5.41, 5.74) is 9.67. The first kappa shape index (κ1) is 37.2. The molecule has 0 unspecified atom stereocenters. The predicted octanol–water partition coefficient (Wildman–Crippen LogP) is 14.0. The molecular weight excluding hydrogens is 609 g/mol. The zero-order valence-electron chi connectivity index (χ0n) is 34.1. The fourth-order valence-electron chi connectivity index (χ4n) is 10.9. The summed E-state index contributed by atoms with van der Waals surface area (Å²) in [6, 6.07) is 14.0. The monoisotopic (exact) mass is 679 g/mol. The molecule has 0 bridgehead atoms. The van der Waals surface area contributed by atoms with Crippen LogP contribution in [0.4, 0.5) is 5.69 Å². The number of anilines is 1. The van der Waals surface area contributed by atoms with Crippen LogP contribution in [0.2, 0.25) is 0 Å². The summed E-state index contributed by atoms with van der Waals surface area (Å²) in [5.74, 6) is 3.76. The van der Waals surface area contributed by atoms with Gasteiger partial charge in [-0.25, -0.2) is 0 Å². The van der Waals surface area contributed by atoms with Crippen LogP contribution in [0.25, 0.3) is 0 Å². The van der Waals surface area contributed by atoms with Gasteiger partial charge < -0.3 is 9.64 Å². The van der Waals surface area contributed by atoms with Gasteiger partial charge in [-0.3, -0.25) is 4.99 Å². The molecule has 2 saturated carbocycles. The molecule has 50 heavy (non-hydrogen) atoms. The van der Waals surface area contributed by atoms with Crippen molar-refractivity contribution in [1.82, 2.24) is 0 Å². The maximum absolute atomic E-state index is 7.97. The van der Waals surface area contributed by atoms with Gasteiger partial charge in [0.25, 0.3) is 0 Å². The molecule has 0 amide bonds. The molecule has 0 aromatic heterocycles. The number of rotatable bonds is 8. The number of nitrogens with zero attached hydrogens (tertiary/aromatic N) is 2.